The van der Waals surface area contributed by atoms with Crippen LogP contribution in [0.2, 0.25) is 0 Å². The van der Waals surface area contributed by atoms with E-state index in [4.69, 9.17) is 0 Å². The van der Waals surface area contributed by atoms with Crippen molar-refractivity contribution < 1.29 is 4.79 Å². The van der Waals surface area contributed by atoms with Gasteiger partial charge < -0.3 is 15.5 Å². The summed E-state index contributed by atoms with van der Waals surface area (Å²) in [6, 6.07) is 0. The summed E-state index contributed by atoms with van der Waals surface area (Å²) in [6.07, 6.45) is 8.82. The van der Waals surface area contributed by atoms with E-state index in [1.807, 2.05) is 0 Å². The van der Waals surface area contributed by atoms with Gasteiger partial charge in [0.15, 0.2) is 0 Å². The maximum absolute atomic E-state index is 11.8. The van der Waals surface area contributed by atoms with Gasteiger partial charge in [-0.2, -0.15) is 0 Å². The first-order valence-electron chi connectivity index (χ1n) is 8.07. The van der Waals surface area contributed by atoms with E-state index in [9.17, 15) is 4.79 Å². The number of amides is 1. The first kappa shape index (κ1) is 21.0. The Labute approximate surface area is 141 Å². The number of rotatable bonds is 7. The topological polar surface area (TPSA) is 44.4 Å². The van der Waals surface area contributed by atoms with Crippen LogP contribution in [-0.2, 0) is 4.79 Å². The lowest BCUT2D eigenvalue weighted by atomic mass is 10.1. The first-order chi connectivity index (χ1) is 9.36. The highest BCUT2D eigenvalue weighted by Crippen LogP contribution is 2.10. The maximum atomic E-state index is 11.8. The Morgan fingerprint density at radius 2 is 1.86 bits per heavy atom. The molecule has 2 rings (SSSR count). The minimum atomic E-state index is 0. The zero-order valence-corrected chi connectivity index (χ0v) is 14.6. The Balaban J connectivity index is 0.00000200. The minimum absolute atomic E-state index is 0. The Morgan fingerprint density at radius 1 is 1.10 bits per heavy atom. The predicted octanol–water partition coefficient (Wildman–Crippen LogP) is 2.21. The Morgan fingerprint density at radius 3 is 2.52 bits per heavy atom. The van der Waals surface area contributed by atoms with E-state index >= 15 is 0 Å². The van der Waals surface area contributed by atoms with Gasteiger partial charge in [-0.1, -0.05) is 12.8 Å². The molecular weight excluding hydrogens is 309 g/mol. The summed E-state index contributed by atoms with van der Waals surface area (Å²) < 4.78 is 0. The fraction of sp³-hybridized carbons (Fsp3) is 0.933. The van der Waals surface area contributed by atoms with Crippen LogP contribution in [0.25, 0.3) is 0 Å². The zero-order valence-electron chi connectivity index (χ0n) is 12.9. The molecule has 126 valence electrons. The van der Waals surface area contributed by atoms with Crippen LogP contribution >= 0.6 is 24.8 Å². The van der Waals surface area contributed by atoms with Gasteiger partial charge in [-0.15, -0.1) is 24.8 Å². The average molecular weight is 340 g/mol. The van der Waals surface area contributed by atoms with Crippen LogP contribution in [0.5, 0.6) is 0 Å². The summed E-state index contributed by atoms with van der Waals surface area (Å²) in [4.78, 5) is 14.4. The van der Waals surface area contributed by atoms with Gasteiger partial charge in [-0.3, -0.25) is 4.79 Å². The molecule has 0 aromatic heterocycles. The molecule has 0 saturated carbocycles. The number of hydrogen-bond donors (Lipinski definition) is 2. The van der Waals surface area contributed by atoms with E-state index in [0.29, 0.717) is 0 Å². The molecule has 6 heteroatoms. The minimum Gasteiger partial charge on any atom is -0.356 e. The Hall–Kier alpha value is -0.0300. The molecule has 0 radical (unpaired) electrons. The lowest BCUT2D eigenvalue weighted by molar-refractivity contribution is -0.124. The summed E-state index contributed by atoms with van der Waals surface area (Å²) in [7, 11) is 0. The highest BCUT2D eigenvalue weighted by Gasteiger charge is 2.21. The SMILES string of the molecule is Cl.Cl.O=C(NCCCCCN1CCCCC1)C1CCNC1. The largest absolute Gasteiger partial charge is 0.356 e. The lowest BCUT2D eigenvalue weighted by Crippen LogP contribution is -2.33. The monoisotopic (exact) mass is 339 g/mol. The van der Waals surface area contributed by atoms with E-state index in [1.165, 1.54) is 51.7 Å². The molecule has 2 heterocycles. The number of likely N-dealkylation sites (tertiary alicyclic amines) is 1. The third-order valence-electron chi connectivity index (χ3n) is 4.33. The maximum Gasteiger partial charge on any atom is 0.224 e. The van der Waals surface area contributed by atoms with Gasteiger partial charge >= 0.3 is 0 Å². The standard InChI is InChI=1S/C15H29N3O.2ClH/c19-15(14-7-9-16-13-14)17-8-3-1-4-10-18-11-5-2-6-12-18;;/h14,16H,1-13H2,(H,17,19);2*1H. The molecule has 1 amide bonds. The van der Waals surface area contributed by atoms with Crippen molar-refractivity contribution in [1.29, 1.82) is 0 Å². The second-order valence-corrected chi connectivity index (χ2v) is 5.94. The summed E-state index contributed by atoms with van der Waals surface area (Å²) in [5, 5.41) is 6.30. The van der Waals surface area contributed by atoms with Crippen molar-refractivity contribution >= 4 is 30.7 Å². The summed E-state index contributed by atoms with van der Waals surface area (Å²) >= 11 is 0. The number of nitrogens with zero attached hydrogens (tertiary/aromatic N) is 1. The molecule has 0 aromatic carbocycles. The van der Waals surface area contributed by atoms with Gasteiger partial charge in [0.25, 0.3) is 0 Å². The quantitative estimate of drug-likeness (QED) is 0.699. The molecule has 2 aliphatic rings. The van der Waals surface area contributed by atoms with E-state index < -0.39 is 0 Å². The lowest BCUT2D eigenvalue weighted by Gasteiger charge is -2.26. The van der Waals surface area contributed by atoms with Crippen LogP contribution in [0.4, 0.5) is 0 Å². The van der Waals surface area contributed by atoms with Gasteiger partial charge in [-0.25, -0.2) is 0 Å². The van der Waals surface area contributed by atoms with Crippen molar-refractivity contribution in [3.05, 3.63) is 0 Å². The number of nitrogens with one attached hydrogen (secondary N) is 2. The summed E-state index contributed by atoms with van der Waals surface area (Å²) in [6.45, 7) is 6.56. The molecule has 21 heavy (non-hydrogen) atoms. The van der Waals surface area contributed by atoms with Gasteiger partial charge in [-0.05, 0) is 58.3 Å². The third-order valence-corrected chi connectivity index (χ3v) is 4.33. The number of hydrogen-bond acceptors (Lipinski definition) is 3. The molecule has 2 fully saturated rings. The molecule has 2 saturated heterocycles. The number of halogens is 2. The molecule has 0 aromatic rings. The van der Waals surface area contributed by atoms with Crippen LogP contribution in [0.1, 0.15) is 44.9 Å². The van der Waals surface area contributed by atoms with Crippen molar-refractivity contribution in [2.24, 2.45) is 5.92 Å². The molecule has 1 unspecified atom stereocenters. The van der Waals surface area contributed by atoms with Crippen molar-refractivity contribution in [2.75, 3.05) is 39.3 Å². The molecule has 0 bridgehead atoms. The molecule has 1 atom stereocenters. The summed E-state index contributed by atoms with van der Waals surface area (Å²) in [5.74, 6) is 0.467. The molecule has 2 aliphatic heterocycles. The van der Waals surface area contributed by atoms with E-state index in [0.717, 1.165) is 32.5 Å². The molecule has 2 N–H and O–H groups in total. The third kappa shape index (κ3) is 8.24. The van der Waals surface area contributed by atoms with Gasteiger partial charge in [0.1, 0.15) is 0 Å². The smallest absolute Gasteiger partial charge is 0.224 e. The fourth-order valence-electron chi connectivity index (χ4n) is 3.05. The molecule has 4 nitrogen and oxygen atoms in total. The zero-order chi connectivity index (χ0) is 13.3. The van der Waals surface area contributed by atoms with Gasteiger partial charge in [0.05, 0.1) is 5.92 Å². The van der Waals surface area contributed by atoms with Gasteiger partial charge in [0.2, 0.25) is 5.91 Å². The van der Waals surface area contributed by atoms with Crippen LogP contribution in [0, 0.1) is 5.92 Å². The van der Waals surface area contributed by atoms with Gasteiger partial charge in [0, 0.05) is 13.1 Å². The average Bonchev–Trinajstić information content (AvgIpc) is 2.98. The second-order valence-electron chi connectivity index (χ2n) is 5.94. The molecular formula is C15H31Cl2N3O. The van der Waals surface area contributed by atoms with Crippen molar-refractivity contribution in [3.8, 4) is 0 Å². The Kier molecular flexibility index (Phi) is 12.5. The van der Waals surface area contributed by atoms with Crippen molar-refractivity contribution in [2.45, 2.75) is 44.9 Å². The van der Waals surface area contributed by atoms with Crippen molar-refractivity contribution in [3.63, 3.8) is 0 Å². The first-order valence-corrected chi connectivity index (χ1v) is 8.07. The van der Waals surface area contributed by atoms with E-state index in [2.05, 4.69) is 15.5 Å². The van der Waals surface area contributed by atoms with Crippen LogP contribution in [-0.4, -0.2) is 50.1 Å². The second kappa shape index (κ2) is 12.5. The van der Waals surface area contributed by atoms with Crippen LogP contribution in [0.3, 0.4) is 0 Å². The highest BCUT2D eigenvalue weighted by molar-refractivity contribution is 5.85. The number of carbonyl (C=O) groups excluding carboxylic acids is 1. The molecule has 0 spiro atoms. The fourth-order valence-corrected chi connectivity index (χ4v) is 3.05. The van der Waals surface area contributed by atoms with Crippen LogP contribution < -0.4 is 10.6 Å². The number of carbonyl (C=O) groups is 1. The summed E-state index contributed by atoms with van der Waals surface area (Å²) in [5.41, 5.74) is 0. The molecule has 0 aliphatic carbocycles. The highest BCUT2D eigenvalue weighted by atomic mass is 35.5. The number of unbranched alkanes of at least 4 members (excludes halogenated alkanes) is 2. The van der Waals surface area contributed by atoms with E-state index in [1.54, 1.807) is 0 Å². The normalized spacial score (nSPS) is 22.2. The van der Waals surface area contributed by atoms with Crippen LogP contribution in [0.15, 0.2) is 0 Å². The predicted molar refractivity (Wildman–Crippen MR) is 92.6 cm³/mol. The van der Waals surface area contributed by atoms with E-state index in [-0.39, 0.29) is 36.6 Å². The number of piperidine rings is 1. The van der Waals surface area contributed by atoms with Crippen molar-refractivity contribution in [1.82, 2.24) is 15.5 Å². The Bertz CT molecular complexity index is 268.